The van der Waals surface area contributed by atoms with Crippen molar-refractivity contribution in [2.75, 3.05) is 23.7 Å². The third-order valence-electron chi connectivity index (χ3n) is 3.20. The van der Waals surface area contributed by atoms with Gasteiger partial charge >= 0.3 is 0 Å². The van der Waals surface area contributed by atoms with Gasteiger partial charge in [0.15, 0.2) is 0 Å². The summed E-state index contributed by atoms with van der Waals surface area (Å²) in [6.45, 7) is 6.75. The van der Waals surface area contributed by atoms with Crippen LogP contribution in [0.4, 0.5) is 11.4 Å². The summed E-state index contributed by atoms with van der Waals surface area (Å²) in [7, 11) is 0. The normalized spacial score (nSPS) is 25.8. The van der Waals surface area contributed by atoms with Gasteiger partial charge in [0.05, 0.1) is 11.4 Å². The number of benzene rings is 1. The lowest BCUT2D eigenvalue weighted by atomic mass is 9.91. The number of anilines is 2. The molecular weight excluding hydrogens is 220 g/mol. The van der Waals surface area contributed by atoms with Crippen molar-refractivity contribution < 1.29 is 0 Å². The summed E-state index contributed by atoms with van der Waals surface area (Å²) in [6, 6.07) is 5.71. The summed E-state index contributed by atoms with van der Waals surface area (Å²) in [4.78, 5) is 2.36. The van der Waals surface area contributed by atoms with Gasteiger partial charge in [0.2, 0.25) is 0 Å². The molecule has 2 nitrogen and oxygen atoms in total. The van der Waals surface area contributed by atoms with Gasteiger partial charge in [0, 0.05) is 18.1 Å². The highest BCUT2D eigenvalue weighted by Crippen LogP contribution is 2.32. The van der Waals surface area contributed by atoms with Crippen LogP contribution in [0.5, 0.6) is 0 Å². The fourth-order valence-corrected chi connectivity index (χ4v) is 2.82. The molecule has 0 aromatic heterocycles. The fourth-order valence-electron chi connectivity index (χ4n) is 2.65. The Labute approximate surface area is 102 Å². The number of piperidine rings is 1. The monoisotopic (exact) mass is 238 g/mol. The molecule has 1 aliphatic heterocycles. The second kappa shape index (κ2) is 4.54. The van der Waals surface area contributed by atoms with Crippen molar-refractivity contribution >= 4 is 23.0 Å². The molecule has 1 saturated heterocycles. The van der Waals surface area contributed by atoms with E-state index in [-0.39, 0.29) is 0 Å². The van der Waals surface area contributed by atoms with Crippen LogP contribution in [0.15, 0.2) is 18.2 Å². The van der Waals surface area contributed by atoms with E-state index >= 15 is 0 Å². The molecule has 1 aromatic carbocycles. The number of halogens is 1. The maximum atomic E-state index is 6.03. The quantitative estimate of drug-likeness (QED) is 0.760. The molecule has 1 fully saturated rings. The summed E-state index contributed by atoms with van der Waals surface area (Å²) in [6.07, 6.45) is 1.30. The minimum atomic E-state index is 0.724. The van der Waals surface area contributed by atoms with Crippen LogP contribution in [0.2, 0.25) is 5.02 Å². The highest BCUT2D eigenvalue weighted by Gasteiger charge is 2.23. The van der Waals surface area contributed by atoms with Gasteiger partial charge in [-0.05, 0) is 36.5 Å². The van der Waals surface area contributed by atoms with E-state index in [1.807, 2.05) is 18.2 Å². The number of nitrogen functional groups attached to an aromatic ring is 1. The fraction of sp³-hybridized carbons (Fsp3) is 0.538. The lowest BCUT2D eigenvalue weighted by Crippen LogP contribution is -2.39. The molecule has 0 radical (unpaired) electrons. The lowest BCUT2D eigenvalue weighted by molar-refractivity contribution is 0.357. The van der Waals surface area contributed by atoms with Crippen molar-refractivity contribution in [3.8, 4) is 0 Å². The molecule has 0 spiro atoms. The Hall–Kier alpha value is -0.890. The topological polar surface area (TPSA) is 29.3 Å². The average molecular weight is 239 g/mol. The predicted octanol–water partition coefficient (Wildman–Crippen LogP) is 3.40. The van der Waals surface area contributed by atoms with Gasteiger partial charge in [-0.2, -0.15) is 0 Å². The SMILES string of the molecule is CC1CC(C)CN(c2cc(Cl)ccc2N)C1. The van der Waals surface area contributed by atoms with Crippen LogP contribution in [-0.2, 0) is 0 Å². The third kappa shape index (κ3) is 2.43. The van der Waals surface area contributed by atoms with Gasteiger partial charge in [-0.15, -0.1) is 0 Å². The molecule has 0 aliphatic carbocycles. The molecule has 1 heterocycles. The van der Waals surface area contributed by atoms with Gasteiger partial charge in [-0.25, -0.2) is 0 Å². The van der Waals surface area contributed by atoms with Crippen molar-refractivity contribution in [1.82, 2.24) is 0 Å². The van der Waals surface area contributed by atoms with Crippen molar-refractivity contribution in [3.63, 3.8) is 0 Å². The van der Waals surface area contributed by atoms with Crippen LogP contribution in [0, 0.1) is 11.8 Å². The van der Waals surface area contributed by atoms with E-state index < -0.39 is 0 Å². The summed E-state index contributed by atoms with van der Waals surface area (Å²) < 4.78 is 0. The molecule has 0 amide bonds. The zero-order valence-electron chi connectivity index (χ0n) is 9.91. The highest BCUT2D eigenvalue weighted by atomic mass is 35.5. The molecule has 2 rings (SSSR count). The Morgan fingerprint density at radius 2 is 1.88 bits per heavy atom. The van der Waals surface area contributed by atoms with Gasteiger partial charge in [-0.1, -0.05) is 25.4 Å². The minimum Gasteiger partial charge on any atom is -0.397 e. The largest absolute Gasteiger partial charge is 0.397 e. The molecule has 16 heavy (non-hydrogen) atoms. The number of rotatable bonds is 1. The number of nitrogens with two attached hydrogens (primary N) is 1. The first-order valence-electron chi connectivity index (χ1n) is 5.86. The molecule has 0 saturated carbocycles. The predicted molar refractivity (Wildman–Crippen MR) is 71.0 cm³/mol. The molecule has 2 atom stereocenters. The first kappa shape index (κ1) is 11.6. The van der Waals surface area contributed by atoms with Gasteiger partial charge in [-0.3, -0.25) is 0 Å². The molecule has 3 heteroatoms. The standard InChI is InChI=1S/C13H19ClN2/c1-9-5-10(2)8-16(7-9)13-6-11(14)3-4-12(13)15/h3-4,6,9-10H,5,7-8,15H2,1-2H3. The molecule has 0 bridgehead atoms. The molecular formula is C13H19ClN2. The molecule has 88 valence electrons. The Morgan fingerprint density at radius 3 is 2.50 bits per heavy atom. The third-order valence-corrected chi connectivity index (χ3v) is 3.44. The van der Waals surface area contributed by atoms with Crippen molar-refractivity contribution in [1.29, 1.82) is 0 Å². The summed E-state index contributed by atoms with van der Waals surface area (Å²) in [5.74, 6) is 1.45. The number of hydrogen-bond acceptors (Lipinski definition) is 2. The maximum absolute atomic E-state index is 6.03. The van der Waals surface area contributed by atoms with E-state index in [0.29, 0.717) is 0 Å². The Balaban J connectivity index is 2.25. The van der Waals surface area contributed by atoms with Crippen molar-refractivity contribution in [2.24, 2.45) is 11.8 Å². The Kier molecular flexibility index (Phi) is 3.29. The summed E-state index contributed by atoms with van der Waals surface area (Å²) in [5, 5.41) is 0.759. The Morgan fingerprint density at radius 1 is 1.25 bits per heavy atom. The maximum Gasteiger partial charge on any atom is 0.0615 e. The van der Waals surface area contributed by atoms with Crippen LogP contribution in [0.25, 0.3) is 0 Å². The van der Waals surface area contributed by atoms with E-state index in [2.05, 4.69) is 18.7 Å². The van der Waals surface area contributed by atoms with Gasteiger partial charge in [0.25, 0.3) is 0 Å². The van der Waals surface area contributed by atoms with Crippen molar-refractivity contribution in [3.05, 3.63) is 23.2 Å². The number of hydrogen-bond donors (Lipinski definition) is 1. The lowest BCUT2D eigenvalue weighted by Gasteiger charge is -2.37. The first-order chi connectivity index (χ1) is 7.56. The summed E-state index contributed by atoms with van der Waals surface area (Å²) in [5.41, 5.74) is 7.92. The van der Waals surface area contributed by atoms with Crippen LogP contribution < -0.4 is 10.6 Å². The highest BCUT2D eigenvalue weighted by molar-refractivity contribution is 6.31. The smallest absolute Gasteiger partial charge is 0.0615 e. The van der Waals surface area contributed by atoms with Crippen LogP contribution in [-0.4, -0.2) is 13.1 Å². The average Bonchev–Trinajstić information content (AvgIpc) is 2.20. The minimum absolute atomic E-state index is 0.724. The van der Waals surface area contributed by atoms with E-state index in [4.69, 9.17) is 17.3 Å². The van der Waals surface area contributed by atoms with E-state index in [0.717, 1.165) is 41.3 Å². The molecule has 1 aliphatic rings. The summed E-state index contributed by atoms with van der Waals surface area (Å²) >= 11 is 6.03. The van der Waals surface area contributed by atoms with Crippen LogP contribution >= 0.6 is 11.6 Å². The molecule has 2 unspecified atom stereocenters. The zero-order chi connectivity index (χ0) is 11.7. The van der Waals surface area contributed by atoms with E-state index in [1.165, 1.54) is 6.42 Å². The van der Waals surface area contributed by atoms with E-state index in [9.17, 15) is 0 Å². The van der Waals surface area contributed by atoms with Gasteiger partial charge < -0.3 is 10.6 Å². The molecule has 2 N–H and O–H groups in total. The Bertz CT molecular complexity index is 368. The number of nitrogens with zero attached hydrogens (tertiary/aromatic N) is 1. The zero-order valence-corrected chi connectivity index (χ0v) is 10.7. The van der Waals surface area contributed by atoms with Crippen LogP contribution in [0.1, 0.15) is 20.3 Å². The van der Waals surface area contributed by atoms with Crippen molar-refractivity contribution in [2.45, 2.75) is 20.3 Å². The second-order valence-corrected chi connectivity index (χ2v) is 5.49. The van der Waals surface area contributed by atoms with Crippen LogP contribution in [0.3, 0.4) is 0 Å². The molecule has 1 aromatic rings. The second-order valence-electron chi connectivity index (χ2n) is 5.05. The van der Waals surface area contributed by atoms with E-state index in [1.54, 1.807) is 0 Å². The van der Waals surface area contributed by atoms with Gasteiger partial charge in [0.1, 0.15) is 0 Å². The first-order valence-corrected chi connectivity index (χ1v) is 6.24.